The van der Waals surface area contributed by atoms with Gasteiger partial charge in [0.25, 0.3) is 0 Å². The highest BCUT2D eigenvalue weighted by Gasteiger charge is 2.28. The molecule has 2 unspecified atom stereocenters. The van der Waals surface area contributed by atoms with Crippen molar-refractivity contribution < 1.29 is 22.3 Å². The van der Waals surface area contributed by atoms with Gasteiger partial charge in [-0.25, -0.2) is 12.8 Å². The summed E-state index contributed by atoms with van der Waals surface area (Å²) in [6.07, 6.45) is 1.40. The number of nitrogens with zero attached hydrogens (tertiary/aromatic N) is 2. The first-order chi connectivity index (χ1) is 14.3. The summed E-state index contributed by atoms with van der Waals surface area (Å²) in [5.41, 5.74) is 0.654. The highest BCUT2D eigenvalue weighted by Crippen LogP contribution is 2.30. The van der Waals surface area contributed by atoms with Gasteiger partial charge in [0.1, 0.15) is 12.4 Å². The van der Waals surface area contributed by atoms with E-state index in [4.69, 9.17) is 4.74 Å². The summed E-state index contributed by atoms with van der Waals surface area (Å²) < 4.78 is 47.0. The predicted octanol–water partition coefficient (Wildman–Crippen LogP) is 3.25. The van der Waals surface area contributed by atoms with E-state index in [0.29, 0.717) is 24.0 Å². The molecule has 2 atom stereocenters. The average molecular weight is 431 g/mol. The number of halogens is 1. The maximum atomic E-state index is 13.3. The molecule has 0 radical (unpaired) electrons. The van der Waals surface area contributed by atoms with Crippen LogP contribution < -0.4 is 0 Å². The summed E-state index contributed by atoms with van der Waals surface area (Å²) in [6, 6.07) is 11.8. The van der Waals surface area contributed by atoms with Crippen molar-refractivity contribution in [2.75, 3.05) is 13.1 Å². The molecule has 1 aliphatic heterocycles. The number of rotatable bonds is 4. The molecule has 0 aliphatic carbocycles. The van der Waals surface area contributed by atoms with E-state index in [9.17, 15) is 17.6 Å². The minimum absolute atomic E-state index is 0.00829. The van der Waals surface area contributed by atoms with Gasteiger partial charge in [0.2, 0.25) is 15.7 Å². The van der Waals surface area contributed by atoms with Gasteiger partial charge in [-0.1, -0.05) is 18.2 Å². The van der Waals surface area contributed by atoms with Crippen LogP contribution >= 0.6 is 0 Å². The number of benzene rings is 2. The third-order valence-electron chi connectivity index (χ3n) is 5.24. The molecule has 1 saturated heterocycles. The summed E-state index contributed by atoms with van der Waals surface area (Å²) in [6.45, 7) is 4.88. The van der Waals surface area contributed by atoms with Crippen molar-refractivity contribution in [2.45, 2.75) is 42.4 Å². The molecule has 0 saturated carbocycles. The summed E-state index contributed by atoms with van der Waals surface area (Å²) in [5.74, 6) is -0.598. The minimum Gasteiger partial charge on any atom is -0.372 e. The van der Waals surface area contributed by atoms with Crippen LogP contribution in [0.15, 0.2) is 64.5 Å². The highest BCUT2D eigenvalue weighted by atomic mass is 32.2. The molecule has 0 spiro atoms. The zero-order valence-corrected chi connectivity index (χ0v) is 17.6. The fraction of sp³-hybridized carbons (Fsp3) is 0.318. The monoisotopic (exact) mass is 430 g/mol. The number of fused-ring (bicyclic) bond motifs is 1. The summed E-state index contributed by atoms with van der Waals surface area (Å²) in [5, 5.41) is 0.526. The molecule has 4 rings (SSSR count). The van der Waals surface area contributed by atoms with Crippen molar-refractivity contribution in [2.24, 2.45) is 0 Å². The second kappa shape index (κ2) is 7.85. The van der Waals surface area contributed by atoms with Crippen LogP contribution in [0.3, 0.4) is 0 Å². The van der Waals surface area contributed by atoms with Crippen LogP contribution in [0.2, 0.25) is 0 Å². The van der Waals surface area contributed by atoms with Crippen LogP contribution in [0.1, 0.15) is 13.8 Å². The van der Waals surface area contributed by atoms with E-state index in [2.05, 4.69) is 0 Å². The van der Waals surface area contributed by atoms with Crippen molar-refractivity contribution in [1.29, 1.82) is 0 Å². The molecule has 0 bridgehead atoms. The van der Waals surface area contributed by atoms with E-state index in [0.717, 1.165) is 12.1 Å². The first-order valence-corrected chi connectivity index (χ1v) is 11.3. The van der Waals surface area contributed by atoms with Crippen LogP contribution in [-0.2, 0) is 25.9 Å². The second-order valence-corrected chi connectivity index (χ2v) is 9.57. The van der Waals surface area contributed by atoms with Crippen molar-refractivity contribution in [3.8, 4) is 0 Å². The van der Waals surface area contributed by atoms with Gasteiger partial charge in [-0.05, 0) is 44.2 Å². The number of amides is 1. The molecule has 2 aromatic carbocycles. The van der Waals surface area contributed by atoms with Gasteiger partial charge < -0.3 is 14.2 Å². The van der Waals surface area contributed by atoms with Crippen LogP contribution in [0.4, 0.5) is 4.39 Å². The Kier molecular flexibility index (Phi) is 5.38. The third kappa shape index (κ3) is 3.85. The Morgan fingerprint density at radius 1 is 1.07 bits per heavy atom. The molecule has 8 heteroatoms. The van der Waals surface area contributed by atoms with Crippen molar-refractivity contribution >= 4 is 26.6 Å². The van der Waals surface area contributed by atoms with E-state index in [1.807, 2.05) is 13.8 Å². The Morgan fingerprint density at radius 2 is 1.70 bits per heavy atom. The van der Waals surface area contributed by atoms with E-state index < -0.39 is 15.7 Å². The number of morpholine rings is 1. The molecule has 1 fully saturated rings. The first kappa shape index (κ1) is 20.6. The van der Waals surface area contributed by atoms with E-state index in [1.54, 1.807) is 33.7 Å². The van der Waals surface area contributed by atoms with Crippen molar-refractivity contribution in [3.05, 3.63) is 60.5 Å². The van der Waals surface area contributed by atoms with Crippen LogP contribution in [0.25, 0.3) is 10.9 Å². The van der Waals surface area contributed by atoms with Gasteiger partial charge in [-0.3, -0.25) is 4.79 Å². The van der Waals surface area contributed by atoms with Crippen LogP contribution in [-0.4, -0.2) is 49.1 Å². The van der Waals surface area contributed by atoms with Gasteiger partial charge in [0, 0.05) is 30.2 Å². The fourth-order valence-electron chi connectivity index (χ4n) is 3.93. The number of carbonyl (C=O) groups excluding carboxylic acids is 1. The lowest BCUT2D eigenvalue weighted by Gasteiger charge is -2.35. The lowest BCUT2D eigenvalue weighted by molar-refractivity contribution is -0.143. The number of aromatic nitrogens is 1. The zero-order valence-electron chi connectivity index (χ0n) is 16.8. The first-order valence-electron chi connectivity index (χ1n) is 9.77. The van der Waals surface area contributed by atoms with E-state index >= 15 is 0 Å². The quantitative estimate of drug-likeness (QED) is 0.596. The number of carbonyl (C=O) groups is 1. The van der Waals surface area contributed by atoms with Gasteiger partial charge in [0.15, 0.2) is 0 Å². The van der Waals surface area contributed by atoms with E-state index in [1.165, 1.54) is 18.3 Å². The smallest absolute Gasteiger partial charge is 0.242 e. The molecule has 3 aromatic rings. The second-order valence-electron chi connectivity index (χ2n) is 7.65. The van der Waals surface area contributed by atoms with Gasteiger partial charge >= 0.3 is 0 Å². The number of para-hydroxylation sites is 1. The van der Waals surface area contributed by atoms with Crippen LogP contribution in [0.5, 0.6) is 0 Å². The molecular weight excluding hydrogens is 407 g/mol. The normalized spacial score (nSPS) is 19.9. The third-order valence-corrected chi connectivity index (χ3v) is 7.04. The molecule has 1 amide bonds. The van der Waals surface area contributed by atoms with Gasteiger partial charge in [-0.2, -0.15) is 0 Å². The molecule has 1 aromatic heterocycles. The molecule has 2 heterocycles. The Labute approximate surface area is 174 Å². The number of sulfone groups is 1. The maximum absolute atomic E-state index is 13.3. The largest absolute Gasteiger partial charge is 0.372 e. The average Bonchev–Trinajstić information content (AvgIpc) is 3.07. The van der Waals surface area contributed by atoms with E-state index in [-0.39, 0.29) is 34.5 Å². The lowest BCUT2D eigenvalue weighted by Crippen LogP contribution is -2.49. The molecule has 0 N–H and O–H groups in total. The standard InChI is InChI=1S/C22H23FN2O4S/c1-15-11-25(12-16(2)29-15)22(26)14-24-13-21(19-5-3-4-6-20(19)24)30(27,28)18-9-7-17(23)8-10-18/h3-10,13,15-16H,11-12,14H2,1-2H3. The van der Waals surface area contributed by atoms with Crippen molar-refractivity contribution in [1.82, 2.24) is 9.47 Å². The topological polar surface area (TPSA) is 68.6 Å². The van der Waals surface area contributed by atoms with Gasteiger partial charge in [0.05, 0.1) is 22.0 Å². The highest BCUT2D eigenvalue weighted by molar-refractivity contribution is 7.91. The molecule has 6 nitrogen and oxygen atoms in total. The SMILES string of the molecule is CC1CN(C(=O)Cn2cc(S(=O)(=O)c3ccc(F)cc3)c3ccccc32)CC(C)O1. The number of hydrogen-bond acceptors (Lipinski definition) is 4. The summed E-state index contributed by atoms with van der Waals surface area (Å²) >= 11 is 0. The number of ether oxygens (including phenoxy) is 1. The molecule has 158 valence electrons. The maximum Gasteiger partial charge on any atom is 0.242 e. The Bertz CT molecular complexity index is 1180. The molecule has 30 heavy (non-hydrogen) atoms. The van der Waals surface area contributed by atoms with Gasteiger partial charge in [-0.15, -0.1) is 0 Å². The predicted molar refractivity (Wildman–Crippen MR) is 110 cm³/mol. The lowest BCUT2D eigenvalue weighted by atomic mass is 10.2. The Hall–Kier alpha value is -2.71. The minimum atomic E-state index is -3.87. The Balaban J connectivity index is 1.71. The summed E-state index contributed by atoms with van der Waals surface area (Å²) in [4.78, 5) is 14.8. The van der Waals surface area contributed by atoms with Crippen LogP contribution in [0, 0.1) is 5.82 Å². The molecule has 1 aliphatic rings. The fourth-order valence-corrected chi connectivity index (χ4v) is 5.40. The number of hydrogen-bond donors (Lipinski definition) is 0. The molecular formula is C22H23FN2O4S. The van der Waals surface area contributed by atoms with Crippen molar-refractivity contribution in [3.63, 3.8) is 0 Å². The zero-order chi connectivity index (χ0) is 21.5. The summed E-state index contributed by atoms with van der Waals surface area (Å²) in [7, 11) is -3.87. The Morgan fingerprint density at radius 3 is 2.37 bits per heavy atom.